The van der Waals surface area contributed by atoms with Gasteiger partial charge in [0, 0.05) is 12.0 Å². The molecule has 188 valence electrons. The van der Waals surface area contributed by atoms with Crippen LogP contribution in [0.15, 0.2) is 36.4 Å². The molecule has 3 atom stereocenters. The van der Waals surface area contributed by atoms with Gasteiger partial charge < -0.3 is 9.16 Å². The molecule has 1 saturated carbocycles. The maximum Gasteiger partial charge on any atom is 0.413 e. The normalized spacial score (nSPS) is 21.5. The van der Waals surface area contributed by atoms with Crippen molar-refractivity contribution >= 4 is 20.2 Å². The second-order valence-electron chi connectivity index (χ2n) is 11.8. The Morgan fingerprint density at radius 1 is 1.15 bits per heavy atom. The Balaban J connectivity index is 1.73. The van der Waals surface area contributed by atoms with E-state index in [2.05, 4.69) is 39.2 Å². The zero-order valence-corrected chi connectivity index (χ0v) is 22.8. The standard InChI is InChI=1S/C26H40FN3O3Si/c1-25(2,3)30-23(28-24(31)32-17-18-12-10-9-11-13-18)16-21(29-30)19-14-20(27)22(15-19)33-34(7,8)26(4,5)6/h9-13,16,19-20,22H,14-15,17H2,1-8H3,(H,28,31)/t19-,20+,22-/m0/s1. The second kappa shape index (κ2) is 9.82. The van der Waals surface area contributed by atoms with E-state index in [1.54, 1.807) is 4.68 Å². The molecule has 2 aromatic rings. The Labute approximate surface area is 204 Å². The Hall–Kier alpha value is -2.19. The lowest BCUT2D eigenvalue weighted by atomic mass is 10.0. The van der Waals surface area contributed by atoms with Crippen LogP contribution in [0.4, 0.5) is 15.0 Å². The van der Waals surface area contributed by atoms with Gasteiger partial charge in [-0.15, -0.1) is 0 Å². The summed E-state index contributed by atoms with van der Waals surface area (Å²) in [7, 11) is -2.08. The third-order valence-electron chi connectivity index (χ3n) is 6.91. The summed E-state index contributed by atoms with van der Waals surface area (Å²) >= 11 is 0. The summed E-state index contributed by atoms with van der Waals surface area (Å²) in [5.41, 5.74) is 1.32. The third kappa shape index (κ3) is 6.27. The van der Waals surface area contributed by atoms with Crippen molar-refractivity contribution in [3.05, 3.63) is 47.7 Å². The average Bonchev–Trinajstić information content (AvgIpc) is 3.30. The van der Waals surface area contributed by atoms with Gasteiger partial charge in [-0.3, -0.25) is 5.32 Å². The summed E-state index contributed by atoms with van der Waals surface area (Å²) in [6, 6.07) is 11.4. The van der Waals surface area contributed by atoms with Gasteiger partial charge in [-0.05, 0) is 57.3 Å². The summed E-state index contributed by atoms with van der Waals surface area (Å²) in [4.78, 5) is 12.5. The van der Waals surface area contributed by atoms with Gasteiger partial charge >= 0.3 is 6.09 Å². The fourth-order valence-corrected chi connectivity index (χ4v) is 5.28. The Bertz CT molecular complexity index is 979. The maximum atomic E-state index is 15.0. The molecule has 1 fully saturated rings. The summed E-state index contributed by atoms with van der Waals surface area (Å²) < 4.78 is 28.6. The molecule has 1 amide bonds. The van der Waals surface area contributed by atoms with Gasteiger partial charge in [0.1, 0.15) is 18.6 Å². The van der Waals surface area contributed by atoms with Gasteiger partial charge in [-0.2, -0.15) is 5.10 Å². The lowest BCUT2D eigenvalue weighted by Crippen LogP contribution is -2.45. The van der Waals surface area contributed by atoms with Crippen LogP contribution < -0.4 is 5.32 Å². The highest BCUT2D eigenvalue weighted by molar-refractivity contribution is 6.74. The number of halogens is 1. The van der Waals surface area contributed by atoms with Crippen LogP contribution in [-0.4, -0.2) is 36.5 Å². The highest BCUT2D eigenvalue weighted by atomic mass is 28.4. The van der Waals surface area contributed by atoms with Crippen LogP contribution in [0.2, 0.25) is 18.1 Å². The van der Waals surface area contributed by atoms with E-state index in [9.17, 15) is 4.79 Å². The zero-order chi connectivity index (χ0) is 25.3. The zero-order valence-electron chi connectivity index (χ0n) is 21.8. The quantitative estimate of drug-likeness (QED) is 0.444. The van der Waals surface area contributed by atoms with E-state index in [0.29, 0.717) is 18.7 Å². The van der Waals surface area contributed by atoms with Gasteiger partial charge in [0.2, 0.25) is 0 Å². The van der Waals surface area contributed by atoms with Gasteiger partial charge in [0.05, 0.1) is 17.3 Å². The fourth-order valence-electron chi connectivity index (χ4n) is 3.93. The number of carbonyl (C=O) groups excluding carboxylic acids is 1. The number of aromatic nitrogens is 2. The molecule has 0 aliphatic heterocycles. The van der Waals surface area contributed by atoms with Crippen LogP contribution in [0, 0.1) is 0 Å². The lowest BCUT2D eigenvalue weighted by Gasteiger charge is -2.38. The van der Waals surface area contributed by atoms with Crippen LogP contribution in [0.5, 0.6) is 0 Å². The number of carbonyl (C=O) groups is 1. The second-order valence-corrected chi connectivity index (χ2v) is 16.6. The van der Waals surface area contributed by atoms with Crippen molar-refractivity contribution in [3.8, 4) is 0 Å². The summed E-state index contributed by atoms with van der Waals surface area (Å²) in [6.45, 7) is 17.0. The first-order chi connectivity index (χ1) is 15.7. The highest BCUT2D eigenvalue weighted by Crippen LogP contribution is 2.44. The van der Waals surface area contributed by atoms with E-state index in [-0.39, 0.29) is 23.1 Å². The van der Waals surface area contributed by atoms with Crippen molar-refractivity contribution in [2.45, 2.75) is 103 Å². The number of benzene rings is 1. The van der Waals surface area contributed by atoms with Crippen LogP contribution in [0.25, 0.3) is 0 Å². The molecule has 1 aromatic carbocycles. The van der Waals surface area contributed by atoms with E-state index in [0.717, 1.165) is 11.3 Å². The van der Waals surface area contributed by atoms with Crippen molar-refractivity contribution < 1.29 is 18.3 Å². The molecule has 0 bridgehead atoms. The molecule has 0 unspecified atom stereocenters. The number of amides is 1. The first-order valence-electron chi connectivity index (χ1n) is 12.1. The first-order valence-corrected chi connectivity index (χ1v) is 15.0. The molecule has 1 aliphatic carbocycles. The molecule has 1 aliphatic rings. The number of anilines is 1. The third-order valence-corrected chi connectivity index (χ3v) is 11.4. The largest absolute Gasteiger partial charge is 0.444 e. The fraction of sp³-hybridized carbons (Fsp3) is 0.615. The van der Waals surface area contributed by atoms with Crippen molar-refractivity contribution in [1.82, 2.24) is 9.78 Å². The maximum absolute atomic E-state index is 15.0. The lowest BCUT2D eigenvalue weighted by molar-refractivity contribution is 0.111. The molecule has 0 radical (unpaired) electrons. The Morgan fingerprint density at radius 3 is 2.38 bits per heavy atom. The van der Waals surface area contributed by atoms with Gasteiger partial charge in [-0.25, -0.2) is 13.9 Å². The molecule has 3 rings (SSSR count). The molecular weight excluding hydrogens is 449 g/mol. The van der Waals surface area contributed by atoms with Crippen LogP contribution in [0.1, 0.15) is 71.6 Å². The summed E-state index contributed by atoms with van der Waals surface area (Å²) in [6.07, 6.45) is -1.02. The van der Waals surface area contributed by atoms with Gasteiger partial charge in [-0.1, -0.05) is 51.1 Å². The van der Waals surface area contributed by atoms with E-state index < -0.39 is 26.7 Å². The monoisotopic (exact) mass is 489 g/mol. The molecular formula is C26H40FN3O3Si. The first kappa shape index (κ1) is 26.4. The Kier molecular flexibility index (Phi) is 7.62. The molecule has 34 heavy (non-hydrogen) atoms. The molecule has 6 nitrogen and oxygen atoms in total. The number of ether oxygens (including phenoxy) is 1. The van der Waals surface area contributed by atoms with Gasteiger partial charge in [0.15, 0.2) is 8.32 Å². The minimum absolute atomic E-state index is 0.0236. The SMILES string of the molecule is CC(C)(C)n1nc([C@H]2C[C@@H](F)[C@@H](O[Si](C)(C)C(C)(C)C)C2)cc1NC(=O)OCc1ccccc1. The predicted molar refractivity (Wildman–Crippen MR) is 136 cm³/mol. The molecule has 1 aromatic heterocycles. The molecule has 1 heterocycles. The number of hydrogen-bond donors (Lipinski definition) is 1. The molecule has 0 spiro atoms. The van der Waals surface area contributed by atoms with Crippen molar-refractivity contribution in [1.29, 1.82) is 0 Å². The highest BCUT2D eigenvalue weighted by Gasteiger charge is 2.45. The molecule has 1 N–H and O–H groups in total. The number of hydrogen-bond acceptors (Lipinski definition) is 4. The summed E-state index contributed by atoms with van der Waals surface area (Å²) in [5, 5.41) is 7.64. The topological polar surface area (TPSA) is 65.4 Å². The van der Waals surface area contributed by atoms with Crippen LogP contribution in [0.3, 0.4) is 0 Å². The molecule has 8 heteroatoms. The smallest absolute Gasteiger partial charge is 0.413 e. The summed E-state index contributed by atoms with van der Waals surface area (Å²) in [5.74, 6) is 0.485. The molecule has 0 saturated heterocycles. The minimum Gasteiger partial charge on any atom is -0.444 e. The van der Waals surface area contributed by atoms with Gasteiger partial charge in [0.25, 0.3) is 0 Å². The number of rotatable bonds is 6. The van der Waals surface area contributed by atoms with E-state index >= 15 is 4.39 Å². The van der Waals surface area contributed by atoms with E-state index in [4.69, 9.17) is 14.3 Å². The van der Waals surface area contributed by atoms with E-state index in [1.807, 2.05) is 57.2 Å². The van der Waals surface area contributed by atoms with Crippen LogP contribution >= 0.6 is 0 Å². The predicted octanol–water partition coefficient (Wildman–Crippen LogP) is 6.99. The number of alkyl halides is 1. The van der Waals surface area contributed by atoms with E-state index in [1.165, 1.54) is 0 Å². The Morgan fingerprint density at radius 2 is 1.79 bits per heavy atom. The average molecular weight is 490 g/mol. The van der Waals surface area contributed by atoms with Crippen molar-refractivity contribution in [2.24, 2.45) is 0 Å². The van der Waals surface area contributed by atoms with Crippen LogP contribution in [-0.2, 0) is 21.3 Å². The van der Waals surface area contributed by atoms with Crippen molar-refractivity contribution in [2.75, 3.05) is 5.32 Å². The minimum atomic E-state index is -2.08. The number of nitrogens with zero attached hydrogens (tertiary/aromatic N) is 2. The number of nitrogens with one attached hydrogen (secondary N) is 1. The van der Waals surface area contributed by atoms with Crippen molar-refractivity contribution in [3.63, 3.8) is 0 Å².